The average molecular weight is 266 g/mol. The van der Waals surface area contributed by atoms with E-state index < -0.39 is 0 Å². The third-order valence-electron chi connectivity index (χ3n) is 2.50. The fourth-order valence-electron chi connectivity index (χ4n) is 1.70. The number of aliphatic imine (C=N–C) groups is 1. The zero-order valence-electron chi connectivity index (χ0n) is 9.92. The fourth-order valence-corrected chi connectivity index (χ4v) is 2.57. The van der Waals surface area contributed by atoms with E-state index >= 15 is 0 Å². The molecule has 0 aliphatic carbocycles. The molecule has 1 aromatic carbocycles. The number of nitrogens with two attached hydrogens (primary N) is 1. The van der Waals surface area contributed by atoms with Crippen molar-refractivity contribution < 1.29 is 14.6 Å². The van der Waals surface area contributed by atoms with Gasteiger partial charge in [0.05, 0.1) is 11.9 Å². The Morgan fingerprint density at radius 2 is 2.33 bits per heavy atom. The minimum atomic E-state index is -0.274. The number of carbonyl (C=O) groups excluding carboxylic acids is 1. The maximum Gasteiger partial charge on any atom is 0.261 e. The number of thioether (sulfide) groups is 1. The van der Waals surface area contributed by atoms with Gasteiger partial charge in [0.25, 0.3) is 5.91 Å². The van der Waals surface area contributed by atoms with E-state index in [1.807, 2.05) is 6.92 Å². The average Bonchev–Trinajstić information content (AvgIpc) is 2.62. The Labute approximate surface area is 109 Å². The highest BCUT2D eigenvalue weighted by molar-refractivity contribution is 8.15. The topological polar surface area (TPSA) is 84.9 Å². The Balaban J connectivity index is 2.10. The van der Waals surface area contributed by atoms with Gasteiger partial charge in [0, 0.05) is 0 Å². The normalized spacial score (nSPS) is 18.8. The summed E-state index contributed by atoms with van der Waals surface area (Å²) in [6, 6.07) is 5.07. The fraction of sp³-hybridized carbons (Fsp3) is 0.333. The molecule has 1 aromatic rings. The summed E-state index contributed by atoms with van der Waals surface area (Å²) in [5.74, 6) is 0.324. The first-order chi connectivity index (χ1) is 8.60. The molecule has 1 aliphatic rings. The van der Waals surface area contributed by atoms with Gasteiger partial charge in [-0.15, -0.1) is 0 Å². The van der Waals surface area contributed by atoms with Gasteiger partial charge < -0.3 is 15.6 Å². The number of hydrogen-bond acceptors (Lipinski definition) is 5. The maximum absolute atomic E-state index is 11.5. The second kappa shape index (κ2) is 5.30. The molecule has 0 aromatic heterocycles. The number of rotatable bonds is 4. The van der Waals surface area contributed by atoms with Crippen molar-refractivity contribution in [2.45, 2.75) is 18.6 Å². The van der Waals surface area contributed by atoms with Crippen LogP contribution < -0.4 is 10.5 Å². The van der Waals surface area contributed by atoms with Crippen LogP contribution in [0.4, 0.5) is 0 Å². The minimum Gasteiger partial charge on any atom is -0.504 e. The SMILES string of the molecule is CCOc1cc(CC2SC(N)=NC2=O)ccc1O. The van der Waals surface area contributed by atoms with Gasteiger partial charge in [0.2, 0.25) is 0 Å². The van der Waals surface area contributed by atoms with E-state index in [-0.39, 0.29) is 16.9 Å². The van der Waals surface area contributed by atoms with Gasteiger partial charge in [-0.3, -0.25) is 4.79 Å². The van der Waals surface area contributed by atoms with Crippen molar-refractivity contribution in [1.82, 2.24) is 0 Å². The molecule has 0 radical (unpaired) electrons. The van der Waals surface area contributed by atoms with E-state index in [0.29, 0.717) is 23.9 Å². The van der Waals surface area contributed by atoms with Crippen molar-refractivity contribution in [3.63, 3.8) is 0 Å². The molecule has 6 heteroatoms. The molecule has 1 aliphatic heterocycles. The number of carbonyl (C=O) groups is 1. The quantitative estimate of drug-likeness (QED) is 0.857. The van der Waals surface area contributed by atoms with E-state index in [1.54, 1.807) is 18.2 Å². The Morgan fingerprint density at radius 3 is 2.94 bits per heavy atom. The predicted octanol–water partition coefficient (Wildman–Crippen LogP) is 1.29. The number of aromatic hydroxyl groups is 1. The molecular formula is C12H14N2O3S. The first kappa shape index (κ1) is 12.8. The van der Waals surface area contributed by atoms with Crippen molar-refractivity contribution >= 4 is 22.8 Å². The van der Waals surface area contributed by atoms with E-state index in [4.69, 9.17) is 10.5 Å². The largest absolute Gasteiger partial charge is 0.504 e. The molecule has 1 heterocycles. The van der Waals surface area contributed by atoms with Crippen molar-refractivity contribution in [3.05, 3.63) is 23.8 Å². The number of phenols is 1. The van der Waals surface area contributed by atoms with Crippen LogP contribution in [0.5, 0.6) is 11.5 Å². The molecule has 0 spiro atoms. The van der Waals surface area contributed by atoms with Gasteiger partial charge in [-0.1, -0.05) is 17.8 Å². The van der Waals surface area contributed by atoms with Crippen LogP contribution >= 0.6 is 11.8 Å². The summed E-state index contributed by atoms with van der Waals surface area (Å²) in [6.07, 6.45) is 0.522. The summed E-state index contributed by atoms with van der Waals surface area (Å²) in [5.41, 5.74) is 6.41. The van der Waals surface area contributed by atoms with Gasteiger partial charge >= 0.3 is 0 Å². The summed E-state index contributed by atoms with van der Waals surface area (Å²) in [5, 5.41) is 9.62. The van der Waals surface area contributed by atoms with Crippen LogP contribution in [0.1, 0.15) is 12.5 Å². The molecule has 2 rings (SSSR count). The summed E-state index contributed by atoms with van der Waals surface area (Å²) in [4.78, 5) is 15.2. The van der Waals surface area contributed by atoms with E-state index in [1.165, 1.54) is 11.8 Å². The predicted molar refractivity (Wildman–Crippen MR) is 71.0 cm³/mol. The first-order valence-electron chi connectivity index (χ1n) is 5.59. The lowest BCUT2D eigenvalue weighted by Gasteiger charge is -2.10. The molecule has 5 nitrogen and oxygen atoms in total. The molecule has 0 fully saturated rings. The van der Waals surface area contributed by atoms with Crippen LogP contribution in [0.3, 0.4) is 0 Å². The monoisotopic (exact) mass is 266 g/mol. The third kappa shape index (κ3) is 2.76. The lowest BCUT2D eigenvalue weighted by molar-refractivity contribution is -0.117. The number of nitrogens with zero attached hydrogens (tertiary/aromatic N) is 1. The molecule has 0 saturated carbocycles. The third-order valence-corrected chi connectivity index (χ3v) is 3.49. The van der Waals surface area contributed by atoms with E-state index in [2.05, 4.69) is 4.99 Å². The second-order valence-electron chi connectivity index (χ2n) is 3.83. The van der Waals surface area contributed by atoms with Gasteiger partial charge in [0.15, 0.2) is 16.7 Å². The molecule has 0 bridgehead atoms. The Bertz CT molecular complexity index is 502. The van der Waals surface area contributed by atoms with Gasteiger partial charge in [-0.2, -0.15) is 4.99 Å². The second-order valence-corrected chi connectivity index (χ2v) is 5.06. The Hall–Kier alpha value is -1.69. The number of benzene rings is 1. The first-order valence-corrected chi connectivity index (χ1v) is 6.47. The summed E-state index contributed by atoms with van der Waals surface area (Å²) in [7, 11) is 0. The van der Waals surface area contributed by atoms with Crippen molar-refractivity contribution in [1.29, 1.82) is 0 Å². The number of amides is 1. The minimum absolute atomic E-state index is 0.0989. The van der Waals surface area contributed by atoms with Crippen LogP contribution in [-0.2, 0) is 11.2 Å². The Morgan fingerprint density at radius 1 is 1.56 bits per heavy atom. The number of phenolic OH excluding ortho intramolecular Hbond substituents is 1. The van der Waals surface area contributed by atoms with E-state index in [0.717, 1.165) is 5.56 Å². The summed E-state index contributed by atoms with van der Waals surface area (Å²) < 4.78 is 5.29. The van der Waals surface area contributed by atoms with Crippen molar-refractivity contribution in [2.24, 2.45) is 10.7 Å². The standard InChI is InChI=1S/C12H14N2O3S/c1-2-17-9-5-7(3-4-8(9)15)6-10-11(16)14-12(13)18-10/h3-5,10,15H,2,6H2,1H3,(H2,13,14,16). The number of ether oxygens (including phenoxy) is 1. The van der Waals surface area contributed by atoms with Gasteiger partial charge in [-0.25, -0.2) is 0 Å². The summed E-state index contributed by atoms with van der Waals surface area (Å²) >= 11 is 1.27. The molecule has 0 saturated heterocycles. The van der Waals surface area contributed by atoms with Gasteiger partial charge in [-0.05, 0) is 31.0 Å². The van der Waals surface area contributed by atoms with Crippen LogP contribution in [0.15, 0.2) is 23.2 Å². The molecule has 1 atom stereocenters. The molecule has 3 N–H and O–H groups in total. The molecule has 96 valence electrons. The highest BCUT2D eigenvalue weighted by Crippen LogP contribution is 2.30. The zero-order chi connectivity index (χ0) is 13.1. The van der Waals surface area contributed by atoms with Gasteiger partial charge in [0.1, 0.15) is 0 Å². The van der Waals surface area contributed by atoms with Crippen LogP contribution in [0.2, 0.25) is 0 Å². The number of hydrogen-bond donors (Lipinski definition) is 2. The summed E-state index contributed by atoms with van der Waals surface area (Å²) in [6.45, 7) is 2.32. The maximum atomic E-state index is 11.5. The molecule has 1 amide bonds. The van der Waals surface area contributed by atoms with Crippen molar-refractivity contribution in [3.8, 4) is 11.5 Å². The van der Waals surface area contributed by atoms with Crippen LogP contribution in [0.25, 0.3) is 0 Å². The zero-order valence-corrected chi connectivity index (χ0v) is 10.7. The number of amidine groups is 1. The molecule has 18 heavy (non-hydrogen) atoms. The lowest BCUT2D eigenvalue weighted by Crippen LogP contribution is -2.14. The van der Waals surface area contributed by atoms with Crippen molar-refractivity contribution in [2.75, 3.05) is 6.61 Å². The molecular weight excluding hydrogens is 252 g/mol. The van der Waals surface area contributed by atoms with Crippen LogP contribution in [0, 0.1) is 0 Å². The van der Waals surface area contributed by atoms with E-state index in [9.17, 15) is 9.90 Å². The Kier molecular flexibility index (Phi) is 3.76. The highest BCUT2D eigenvalue weighted by atomic mass is 32.2. The molecule has 1 unspecified atom stereocenters. The van der Waals surface area contributed by atoms with Crippen LogP contribution in [-0.4, -0.2) is 28.0 Å². The smallest absolute Gasteiger partial charge is 0.261 e. The highest BCUT2D eigenvalue weighted by Gasteiger charge is 2.27. The lowest BCUT2D eigenvalue weighted by atomic mass is 10.1.